The van der Waals surface area contributed by atoms with Crippen LogP contribution in [-0.4, -0.2) is 49.2 Å². The van der Waals surface area contributed by atoms with Crippen molar-refractivity contribution in [3.05, 3.63) is 93.3 Å². The van der Waals surface area contributed by atoms with Crippen molar-refractivity contribution < 1.29 is 19.0 Å². The van der Waals surface area contributed by atoms with Crippen LogP contribution >= 0.6 is 0 Å². The van der Waals surface area contributed by atoms with Crippen LogP contribution in [0.3, 0.4) is 0 Å². The van der Waals surface area contributed by atoms with E-state index >= 15 is 4.39 Å². The standard InChI is InChI=1S/C36H42FN5O4/c1-4-5-11-30-28(20-24-12-17-27(23-9-7-6-8-10-23)33(34(24)37)29-21-31(43)40-39-29)35(44)41(32-18-19-38-42(30)32)25-13-15-26(16-14-25)46-22-36(2,3)45/h6-10,12,17-19,25-26,45H,4-5,11,13-16,20-22H2,1-3H3,(H,40,43). The second-order valence-electron chi connectivity index (χ2n) is 13.1. The van der Waals surface area contributed by atoms with Gasteiger partial charge in [0.2, 0.25) is 5.91 Å². The molecule has 242 valence electrons. The van der Waals surface area contributed by atoms with Crippen LogP contribution in [-0.2, 0) is 22.4 Å². The minimum absolute atomic E-state index is 0.0177. The first-order valence-electron chi connectivity index (χ1n) is 16.3. The molecular weight excluding hydrogens is 585 g/mol. The van der Waals surface area contributed by atoms with E-state index in [4.69, 9.17) is 4.74 Å². The third kappa shape index (κ3) is 6.55. The smallest absolute Gasteiger partial charge is 0.257 e. The average Bonchev–Trinajstić information content (AvgIpc) is 3.70. The van der Waals surface area contributed by atoms with E-state index in [1.165, 1.54) is 0 Å². The maximum atomic E-state index is 16.7. The van der Waals surface area contributed by atoms with Gasteiger partial charge in [-0.3, -0.25) is 14.2 Å². The van der Waals surface area contributed by atoms with Gasteiger partial charge in [0.25, 0.3) is 5.56 Å². The number of hydrogen-bond donors (Lipinski definition) is 2. The van der Waals surface area contributed by atoms with E-state index < -0.39 is 11.4 Å². The highest BCUT2D eigenvalue weighted by Gasteiger charge is 2.30. The summed E-state index contributed by atoms with van der Waals surface area (Å²) in [7, 11) is 0. The van der Waals surface area contributed by atoms with Gasteiger partial charge in [0.05, 0.1) is 42.3 Å². The van der Waals surface area contributed by atoms with E-state index in [2.05, 4.69) is 22.5 Å². The summed E-state index contributed by atoms with van der Waals surface area (Å²) in [6, 6.07) is 14.9. The van der Waals surface area contributed by atoms with E-state index in [1.807, 2.05) is 51.5 Å². The molecule has 0 saturated heterocycles. The van der Waals surface area contributed by atoms with Gasteiger partial charge in [0.1, 0.15) is 11.5 Å². The topological polar surface area (TPSA) is 110 Å². The SMILES string of the molecule is CCCCc1c(Cc2ccc(-c3ccccc3)c(C3=NNC(=O)C3)c2F)c(=O)n(C2CCC(OCC(C)(C)O)CC2)c2ccnn12. The molecule has 0 spiro atoms. The largest absolute Gasteiger partial charge is 0.388 e. The number of hydrogen-bond acceptors (Lipinski definition) is 6. The van der Waals surface area contributed by atoms with Crippen LogP contribution in [0.25, 0.3) is 16.8 Å². The number of ether oxygens (including phenoxy) is 1. The molecule has 1 amide bonds. The van der Waals surface area contributed by atoms with E-state index in [-0.39, 0.29) is 48.6 Å². The zero-order valence-corrected chi connectivity index (χ0v) is 26.8. The van der Waals surface area contributed by atoms with Gasteiger partial charge < -0.3 is 9.84 Å². The number of aryl methyl sites for hydroxylation is 1. The summed E-state index contributed by atoms with van der Waals surface area (Å²) in [6.07, 6.45) is 7.28. The summed E-state index contributed by atoms with van der Waals surface area (Å²) in [6.45, 7) is 5.83. The summed E-state index contributed by atoms with van der Waals surface area (Å²) in [4.78, 5) is 26.7. The van der Waals surface area contributed by atoms with Crippen molar-refractivity contribution in [2.24, 2.45) is 5.10 Å². The maximum Gasteiger partial charge on any atom is 0.257 e. The van der Waals surface area contributed by atoms with E-state index in [0.717, 1.165) is 55.4 Å². The highest BCUT2D eigenvalue weighted by molar-refractivity contribution is 6.16. The van der Waals surface area contributed by atoms with Crippen molar-refractivity contribution in [1.82, 2.24) is 19.6 Å². The van der Waals surface area contributed by atoms with Gasteiger partial charge in [-0.05, 0) is 69.1 Å². The lowest BCUT2D eigenvalue weighted by molar-refractivity contribution is -0.119. The predicted octanol–water partition coefficient (Wildman–Crippen LogP) is 5.73. The van der Waals surface area contributed by atoms with Gasteiger partial charge in [-0.2, -0.15) is 10.2 Å². The summed E-state index contributed by atoms with van der Waals surface area (Å²) in [5.74, 6) is -0.762. The third-order valence-electron chi connectivity index (χ3n) is 9.00. The average molecular weight is 628 g/mol. The second kappa shape index (κ2) is 13.3. The first-order valence-corrected chi connectivity index (χ1v) is 16.3. The van der Waals surface area contributed by atoms with Crippen LogP contribution in [0.2, 0.25) is 0 Å². The highest BCUT2D eigenvalue weighted by Crippen LogP contribution is 2.33. The summed E-state index contributed by atoms with van der Waals surface area (Å²) in [5, 5.41) is 18.9. The van der Waals surface area contributed by atoms with Crippen LogP contribution < -0.4 is 11.0 Å². The molecule has 2 aromatic heterocycles. The van der Waals surface area contributed by atoms with Gasteiger partial charge in [0, 0.05) is 29.7 Å². The fourth-order valence-corrected chi connectivity index (χ4v) is 6.70. The third-order valence-corrected chi connectivity index (χ3v) is 9.00. The van der Waals surface area contributed by atoms with E-state index in [1.54, 1.807) is 26.1 Å². The Morgan fingerprint density at radius 1 is 1.07 bits per heavy atom. The molecule has 46 heavy (non-hydrogen) atoms. The monoisotopic (exact) mass is 627 g/mol. The predicted molar refractivity (Wildman–Crippen MR) is 176 cm³/mol. The van der Waals surface area contributed by atoms with Crippen molar-refractivity contribution >= 4 is 17.3 Å². The lowest BCUT2D eigenvalue weighted by atomic mass is 9.90. The summed E-state index contributed by atoms with van der Waals surface area (Å²) in [5.41, 5.74) is 5.97. The minimum atomic E-state index is -0.897. The molecular formula is C36H42FN5O4. The van der Waals surface area contributed by atoms with E-state index in [9.17, 15) is 14.7 Å². The summed E-state index contributed by atoms with van der Waals surface area (Å²) >= 11 is 0. The number of carbonyl (C=O) groups excluding carboxylic acids is 1. The van der Waals surface area contributed by atoms with Crippen LogP contribution in [0, 0.1) is 5.82 Å². The van der Waals surface area contributed by atoms with Crippen molar-refractivity contribution in [1.29, 1.82) is 0 Å². The quantitative estimate of drug-likeness (QED) is 0.221. The number of aromatic nitrogens is 3. The molecule has 1 aliphatic carbocycles. The molecule has 1 fully saturated rings. The Balaban J connectivity index is 1.41. The maximum absolute atomic E-state index is 16.7. The molecule has 2 aliphatic rings. The molecule has 0 atom stereocenters. The van der Waals surface area contributed by atoms with Gasteiger partial charge in [-0.25, -0.2) is 14.3 Å². The van der Waals surface area contributed by atoms with Crippen LogP contribution in [0.15, 0.2) is 64.6 Å². The first-order chi connectivity index (χ1) is 22.1. The molecule has 0 radical (unpaired) electrons. The lowest BCUT2D eigenvalue weighted by Gasteiger charge is -2.32. The number of aliphatic hydroxyl groups is 1. The Bertz CT molecular complexity index is 1810. The van der Waals surface area contributed by atoms with Crippen molar-refractivity contribution in [2.45, 2.75) is 96.3 Å². The van der Waals surface area contributed by atoms with Crippen molar-refractivity contribution in [3.63, 3.8) is 0 Å². The van der Waals surface area contributed by atoms with E-state index in [0.29, 0.717) is 28.8 Å². The molecule has 2 N–H and O–H groups in total. The van der Waals surface area contributed by atoms with Crippen LogP contribution in [0.5, 0.6) is 0 Å². The molecule has 1 saturated carbocycles. The van der Waals surface area contributed by atoms with Crippen LogP contribution in [0.4, 0.5) is 4.39 Å². The number of rotatable bonds is 11. The Hall–Kier alpha value is -4.15. The first kappa shape index (κ1) is 31.8. The minimum Gasteiger partial charge on any atom is -0.388 e. The molecule has 10 heteroatoms. The summed E-state index contributed by atoms with van der Waals surface area (Å²) < 4.78 is 26.4. The number of unbranched alkanes of at least 4 members (excludes halogenated alkanes) is 1. The number of fused-ring (bicyclic) bond motifs is 1. The van der Waals surface area contributed by atoms with Gasteiger partial charge in [0.15, 0.2) is 0 Å². The molecule has 0 unspecified atom stereocenters. The molecule has 9 nitrogen and oxygen atoms in total. The number of carbonyl (C=O) groups is 1. The molecule has 3 heterocycles. The number of halogens is 1. The number of nitrogens with one attached hydrogen (secondary N) is 1. The highest BCUT2D eigenvalue weighted by atomic mass is 19.1. The number of benzene rings is 2. The van der Waals surface area contributed by atoms with Crippen LogP contribution in [0.1, 0.15) is 94.1 Å². The Morgan fingerprint density at radius 2 is 1.83 bits per heavy atom. The number of nitrogens with zero attached hydrogens (tertiary/aromatic N) is 4. The normalized spacial score (nSPS) is 18.6. The van der Waals surface area contributed by atoms with Gasteiger partial charge in [-0.1, -0.05) is 55.8 Å². The molecule has 4 aromatic rings. The van der Waals surface area contributed by atoms with Gasteiger partial charge >= 0.3 is 0 Å². The Labute approximate surface area is 268 Å². The van der Waals surface area contributed by atoms with Crippen molar-refractivity contribution in [2.75, 3.05) is 6.61 Å². The fraction of sp³-hybridized carbons (Fsp3) is 0.444. The van der Waals surface area contributed by atoms with Crippen molar-refractivity contribution in [3.8, 4) is 11.1 Å². The molecule has 1 aliphatic heterocycles. The molecule has 6 rings (SSSR count). The zero-order chi connectivity index (χ0) is 32.4. The van der Waals surface area contributed by atoms with Gasteiger partial charge in [-0.15, -0.1) is 0 Å². The Morgan fingerprint density at radius 3 is 2.50 bits per heavy atom. The molecule has 2 aromatic carbocycles. The molecule has 0 bridgehead atoms. The fourth-order valence-electron chi connectivity index (χ4n) is 6.70. The Kier molecular flexibility index (Phi) is 9.20. The zero-order valence-electron chi connectivity index (χ0n) is 26.8. The lowest BCUT2D eigenvalue weighted by Crippen LogP contribution is -2.36. The number of hydrazone groups is 1. The second-order valence-corrected chi connectivity index (χ2v) is 13.1. The number of amides is 1.